The van der Waals surface area contributed by atoms with E-state index >= 15 is 0 Å². The van der Waals surface area contributed by atoms with Crippen LogP contribution in [0.2, 0.25) is 0 Å². The number of carbonyl (C=O) groups excluding carboxylic acids is 1. The van der Waals surface area contributed by atoms with E-state index in [1.807, 2.05) is 36.4 Å². The van der Waals surface area contributed by atoms with Gasteiger partial charge in [0.15, 0.2) is 0 Å². The zero-order chi connectivity index (χ0) is 18.6. The molecule has 1 aliphatic rings. The summed E-state index contributed by atoms with van der Waals surface area (Å²) in [5.41, 5.74) is 2.90. The van der Waals surface area contributed by atoms with Crippen LogP contribution in [0.25, 0.3) is 0 Å². The Hall–Kier alpha value is -1.78. The molecular formula is C22H27NO2S. The summed E-state index contributed by atoms with van der Waals surface area (Å²) in [7, 11) is 0. The highest BCUT2D eigenvalue weighted by atomic mass is 32.2. The molecule has 2 aromatic rings. The lowest BCUT2D eigenvalue weighted by Crippen LogP contribution is -2.15. The van der Waals surface area contributed by atoms with Gasteiger partial charge in [-0.25, -0.2) is 0 Å². The van der Waals surface area contributed by atoms with Crippen LogP contribution in [0.1, 0.15) is 49.5 Å². The lowest BCUT2D eigenvalue weighted by molar-refractivity contribution is 0.102. The van der Waals surface area contributed by atoms with Gasteiger partial charge >= 0.3 is 0 Å². The van der Waals surface area contributed by atoms with E-state index in [1.54, 1.807) is 11.8 Å². The number of hydrogen-bond acceptors (Lipinski definition) is 3. The van der Waals surface area contributed by atoms with Gasteiger partial charge in [-0.2, -0.15) is 0 Å². The van der Waals surface area contributed by atoms with Gasteiger partial charge in [-0.15, -0.1) is 11.8 Å². The molecule has 1 heterocycles. The van der Waals surface area contributed by atoms with Gasteiger partial charge in [0.1, 0.15) is 0 Å². The van der Waals surface area contributed by atoms with Gasteiger partial charge in [0, 0.05) is 22.9 Å². The zero-order valence-electron chi connectivity index (χ0n) is 15.7. The number of nitrogens with one attached hydrogen (secondary N) is 1. The summed E-state index contributed by atoms with van der Waals surface area (Å²) in [6.45, 7) is 7.41. The van der Waals surface area contributed by atoms with Crippen molar-refractivity contribution in [3.63, 3.8) is 0 Å². The maximum Gasteiger partial charge on any atom is 0.256 e. The number of ether oxygens (including phenoxy) is 1. The Labute approximate surface area is 160 Å². The Balaban J connectivity index is 1.67. The van der Waals surface area contributed by atoms with Crippen LogP contribution in [-0.2, 0) is 10.2 Å². The van der Waals surface area contributed by atoms with E-state index in [2.05, 4.69) is 38.2 Å². The average molecular weight is 370 g/mol. The summed E-state index contributed by atoms with van der Waals surface area (Å²) >= 11 is 1.70. The molecule has 1 fully saturated rings. The molecular weight excluding hydrogens is 342 g/mol. The number of benzene rings is 2. The summed E-state index contributed by atoms with van der Waals surface area (Å²) in [6.07, 6.45) is 2.56. The number of anilines is 1. The highest BCUT2D eigenvalue weighted by molar-refractivity contribution is 7.99. The third-order valence-corrected chi connectivity index (χ3v) is 5.79. The minimum atomic E-state index is -0.0658. The Kier molecular flexibility index (Phi) is 6.05. The summed E-state index contributed by atoms with van der Waals surface area (Å²) in [4.78, 5) is 13.8. The van der Waals surface area contributed by atoms with E-state index < -0.39 is 0 Å². The topological polar surface area (TPSA) is 38.3 Å². The van der Waals surface area contributed by atoms with E-state index in [1.165, 1.54) is 5.56 Å². The first-order valence-corrected chi connectivity index (χ1v) is 10.2. The van der Waals surface area contributed by atoms with Crippen molar-refractivity contribution in [2.45, 2.75) is 50.0 Å². The van der Waals surface area contributed by atoms with E-state index in [0.29, 0.717) is 6.10 Å². The minimum Gasteiger partial charge on any atom is -0.377 e. The number of rotatable bonds is 5. The molecule has 2 aromatic carbocycles. The molecule has 26 heavy (non-hydrogen) atoms. The van der Waals surface area contributed by atoms with E-state index in [0.717, 1.165) is 41.3 Å². The Morgan fingerprint density at radius 3 is 2.54 bits per heavy atom. The number of thioether (sulfide) groups is 1. The lowest BCUT2D eigenvalue weighted by atomic mass is 9.87. The van der Waals surface area contributed by atoms with Gasteiger partial charge in [0.2, 0.25) is 0 Å². The van der Waals surface area contributed by atoms with Crippen molar-refractivity contribution < 1.29 is 9.53 Å². The van der Waals surface area contributed by atoms with Crippen LogP contribution in [-0.4, -0.2) is 24.4 Å². The number of carbonyl (C=O) groups is 1. The molecule has 0 radical (unpaired) electrons. The molecule has 1 N–H and O–H groups in total. The lowest BCUT2D eigenvalue weighted by Gasteiger charge is -2.19. The SMILES string of the molecule is CC(C)(C)c1ccc(NC(=O)c2ccccc2SC[C@@H]2CCCO2)cc1. The number of amides is 1. The fourth-order valence-electron chi connectivity index (χ4n) is 2.99. The highest BCUT2D eigenvalue weighted by Crippen LogP contribution is 2.28. The summed E-state index contributed by atoms with van der Waals surface area (Å²) < 4.78 is 5.69. The van der Waals surface area contributed by atoms with E-state index in [4.69, 9.17) is 4.74 Å². The molecule has 0 unspecified atom stereocenters. The molecule has 1 atom stereocenters. The third-order valence-electron chi connectivity index (χ3n) is 4.59. The number of hydrogen-bond donors (Lipinski definition) is 1. The van der Waals surface area contributed by atoms with Crippen LogP contribution in [0.3, 0.4) is 0 Å². The molecule has 4 heteroatoms. The second-order valence-corrected chi connectivity index (χ2v) is 8.79. The van der Waals surface area contributed by atoms with Crippen molar-refractivity contribution in [2.24, 2.45) is 0 Å². The first-order valence-electron chi connectivity index (χ1n) is 9.19. The molecule has 0 aromatic heterocycles. The predicted molar refractivity (Wildman–Crippen MR) is 109 cm³/mol. The van der Waals surface area contributed by atoms with E-state index in [9.17, 15) is 4.79 Å². The molecule has 138 valence electrons. The quantitative estimate of drug-likeness (QED) is 0.707. The molecule has 0 saturated carbocycles. The summed E-state index contributed by atoms with van der Waals surface area (Å²) in [5, 5.41) is 3.02. The molecule has 3 nitrogen and oxygen atoms in total. The zero-order valence-corrected chi connectivity index (χ0v) is 16.6. The van der Waals surface area contributed by atoms with Crippen LogP contribution >= 0.6 is 11.8 Å². The smallest absolute Gasteiger partial charge is 0.256 e. The van der Waals surface area contributed by atoms with Crippen molar-refractivity contribution in [1.29, 1.82) is 0 Å². The van der Waals surface area contributed by atoms with Crippen LogP contribution in [0.4, 0.5) is 5.69 Å². The molecule has 0 bridgehead atoms. The summed E-state index contributed by atoms with van der Waals surface area (Å²) in [5.74, 6) is 0.828. The Morgan fingerprint density at radius 1 is 1.15 bits per heavy atom. The largest absolute Gasteiger partial charge is 0.377 e. The fourth-order valence-corrected chi connectivity index (χ4v) is 4.11. The van der Waals surface area contributed by atoms with Gasteiger partial charge in [-0.1, -0.05) is 45.0 Å². The fraction of sp³-hybridized carbons (Fsp3) is 0.409. The molecule has 3 rings (SSSR count). The predicted octanol–water partition coefficient (Wildman–Crippen LogP) is 5.51. The average Bonchev–Trinajstić information content (AvgIpc) is 3.13. The minimum absolute atomic E-state index is 0.0658. The van der Waals surface area contributed by atoms with Gasteiger partial charge < -0.3 is 10.1 Å². The van der Waals surface area contributed by atoms with Gasteiger partial charge in [0.25, 0.3) is 5.91 Å². The first-order chi connectivity index (χ1) is 12.4. The molecule has 1 amide bonds. The van der Waals surface area contributed by atoms with Crippen molar-refractivity contribution in [2.75, 3.05) is 17.7 Å². The van der Waals surface area contributed by atoms with Crippen molar-refractivity contribution >= 4 is 23.4 Å². The van der Waals surface area contributed by atoms with Crippen molar-refractivity contribution in [3.05, 3.63) is 59.7 Å². The van der Waals surface area contributed by atoms with E-state index in [-0.39, 0.29) is 11.3 Å². The Bertz CT molecular complexity index is 743. The third kappa shape index (κ3) is 4.89. The van der Waals surface area contributed by atoms with Crippen LogP contribution in [0.5, 0.6) is 0 Å². The Morgan fingerprint density at radius 2 is 1.88 bits per heavy atom. The van der Waals surface area contributed by atoms with Gasteiger partial charge in [-0.3, -0.25) is 4.79 Å². The maximum atomic E-state index is 12.8. The second-order valence-electron chi connectivity index (χ2n) is 7.72. The van der Waals surface area contributed by atoms with Gasteiger partial charge in [0.05, 0.1) is 11.7 Å². The second kappa shape index (κ2) is 8.28. The molecule has 1 saturated heterocycles. The molecule has 1 aliphatic heterocycles. The van der Waals surface area contributed by atoms with Crippen LogP contribution in [0.15, 0.2) is 53.4 Å². The van der Waals surface area contributed by atoms with Crippen LogP contribution in [0, 0.1) is 0 Å². The summed E-state index contributed by atoms with van der Waals surface area (Å²) in [6, 6.07) is 15.9. The van der Waals surface area contributed by atoms with Crippen LogP contribution < -0.4 is 5.32 Å². The van der Waals surface area contributed by atoms with Gasteiger partial charge in [-0.05, 0) is 48.1 Å². The normalized spacial score (nSPS) is 17.3. The monoisotopic (exact) mass is 369 g/mol. The first kappa shape index (κ1) is 19.0. The van der Waals surface area contributed by atoms with Crippen molar-refractivity contribution in [1.82, 2.24) is 0 Å². The standard InChI is InChI=1S/C22H27NO2S/c1-22(2,3)16-10-12-17(13-11-16)23-21(24)19-8-4-5-9-20(19)26-15-18-7-6-14-25-18/h4-5,8-13,18H,6-7,14-15H2,1-3H3,(H,23,24)/t18-/m0/s1. The molecule has 0 aliphatic carbocycles. The highest BCUT2D eigenvalue weighted by Gasteiger charge is 2.18. The van der Waals surface area contributed by atoms with Crippen molar-refractivity contribution in [3.8, 4) is 0 Å². The molecule has 0 spiro atoms. The maximum absolute atomic E-state index is 12.8.